The average molecular weight is 332 g/mol. The van der Waals surface area contributed by atoms with Gasteiger partial charge in [-0.3, -0.25) is 4.98 Å². The zero-order valence-corrected chi connectivity index (χ0v) is 14.7. The first-order chi connectivity index (χ1) is 10.8. The Morgan fingerprint density at radius 3 is 2.95 bits per heavy atom. The number of pyridine rings is 1. The van der Waals surface area contributed by atoms with Crippen LogP contribution in [0.25, 0.3) is 21.6 Å². The molecular formula is C17H21N3S2. The molecule has 3 aromatic rings. The molecule has 1 unspecified atom stereocenters. The first kappa shape index (κ1) is 15.6. The van der Waals surface area contributed by atoms with Crippen LogP contribution in [0.5, 0.6) is 0 Å². The summed E-state index contributed by atoms with van der Waals surface area (Å²) in [6, 6.07) is 4.22. The summed E-state index contributed by atoms with van der Waals surface area (Å²) in [6.07, 6.45) is 8.22. The Balaban J connectivity index is 1.80. The SMILES string of the molecule is CCCCC(CC)Cc1csc(-c2nccc3nsnc23)c1. The molecule has 22 heavy (non-hydrogen) atoms. The summed E-state index contributed by atoms with van der Waals surface area (Å²) >= 11 is 3.03. The van der Waals surface area contributed by atoms with Crippen LogP contribution in [0.4, 0.5) is 0 Å². The number of fused-ring (bicyclic) bond motifs is 1. The topological polar surface area (TPSA) is 38.7 Å². The predicted molar refractivity (Wildman–Crippen MR) is 95.5 cm³/mol. The summed E-state index contributed by atoms with van der Waals surface area (Å²) in [6.45, 7) is 4.57. The lowest BCUT2D eigenvalue weighted by molar-refractivity contribution is 0.449. The van der Waals surface area contributed by atoms with Crippen LogP contribution in [-0.2, 0) is 6.42 Å². The van der Waals surface area contributed by atoms with Crippen molar-refractivity contribution >= 4 is 34.1 Å². The van der Waals surface area contributed by atoms with E-state index in [-0.39, 0.29) is 0 Å². The molecule has 5 heteroatoms. The molecule has 0 amide bonds. The standard InChI is InChI=1S/C17H21N3S2/c1-3-5-6-12(4-2)9-13-10-15(21-11-13)17-16-14(7-8-18-17)19-22-20-16/h7-8,10-12H,3-6,9H2,1-2H3. The van der Waals surface area contributed by atoms with E-state index in [1.165, 1.54) is 54.3 Å². The van der Waals surface area contributed by atoms with Crippen LogP contribution >= 0.6 is 23.1 Å². The number of unbranched alkanes of at least 4 members (excludes halogenated alkanes) is 1. The Hall–Kier alpha value is -1.33. The molecule has 0 saturated carbocycles. The zero-order valence-electron chi connectivity index (χ0n) is 13.1. The van der Waals surface area contributed by atoms with Crippen molar-refractivity contribution in [2.45, 2.75) is 46.0 Å². The first-order valence-corrected chi connectivity index (χ1v) is 9.57. The van der Waals surface area contributed by atoms with Gasteiger partial charge in [0.05, 0.1) is 16.6 Å². The van der Waals surface area contributed by atoms with Crippen LogP contribution in [0, 0.1) is 5.92 Å². The van der Waals surface area contributed by atoms with Crippen molar-refractivity contribution in [3.05, 3.63) is 29.3 Å². The highest BCUT2D eigenvalue weighted by molar-refractivity contribution is 7.13. The molecule has 3 rings (SSSR count). The molecule has 0 aliphatic rings. The molecule has 0 aliphatic carbocycles. The van der Waals surface area contributed by atoms with Crippen molar-refractivity contribution in [2.24, 2.45) is 5.92 Å². The normalized spacial score (nSPS) is 12.8. The van der Waals surface area contributed by atoms with Crippen molar-refractivity contribution in [2.75, 3.05) is 0 Å². The van der Waals surface area contributed by atoms with Crippen molar-refractivity contribution in [3.63, 3.8) is 0 Å². The quantitative estimate of drug-likeness (QED) is 0.568. The molecular weight excluding hydrogens is 310 g/mol. The molecule has 1 atom stereocenters. The van der Waals surface area contributed by atoms with Crippen molar-refractivity contribution in [1.82, 2.24) is 13.7 Å². The number of thiophene rings is 1. The fourth-order valence-corrected chi connectivity index (χ4v) is 4.24. The minimum Gasteiger partial charge on any atom is -0.253 e. The van der Waals surface area contributed by atoms with Gasteiger partial charge >= 0.3 is 0 Å². The lowest BCUT2D eigenvalue weighted by Crippen LogP contribution is -2.02. The number of nitrogens with zero attached hydrogens (tertiary/aromatic N) is 3. The number of hydrogen-bond acceptors (Lipinski definition) is 5. The highest BCUT2D eigenvalue weighted by Gasteiger charge is 2.13. The molecule has 0 spiro atoms. The summed E-state index contributed by atoms with van der Waals surface area (Å²) in [5.74, 6) is 0.798. The fourth-order valence-electron chi connectivity index (χ4n) is 2.78. The summed E-state index contributed by atoms with van der Waals surface area (Å²) in [5, 5.41) is 2.28. The zero-order chi connectivity index (χ0) is 15.4. The van der Waals surface area contributed by atoms with E-state index in [0.717, 1.165) is 22.6 Å². The van der Waals surface area contributed by atoms with Crippen LogP contribution in [0.3, 0.4) is 0 Å². The first-order valence-electron chi connectivity index (χ1n) is 7.96. The summed E-state index contributed by atoms with van der Waals surface area (Å²) < 4.78 is 8.70. The smallest absolute Gasteiger partial charge is 0.131 e. The predicted octanol–water partition coefficient (Wildman–Crippen LogP) is 5.57. The van der Waals surface area contributed by atoms with Crippen LogP contribution in [0.15, 0.2) is 23.7 Å². The van der Waals surface area contributed by atoms with Crippen molar-refractivity contribution < 1.29 is 0 Å². The summed E-state index contributed by atoms with van der Waals surface area (Å²) in [5.41, 5.74) is 4.28. The van der Waals surface area contributed by atoms with Crippen molar-refractivity contribution in [1.29, 1.82) is 0 Å². The largest absolute Gasteiger partial charge is 0.253 e. The second-order valence-electron chi connectivity index (χ2n) is 5.73. The molecule has 0 aromatic carbocycles. The lowest BCUT2D eigenvalue weighted by atomic mass is 9.93. The molecule has 0 saturated heterocycles. The minimum absolute atomic E-state index is 0.798. The second-order valence-corrected chi connectivity index (χ2v) is 7.17. The van der Waals surface area contributed by atoms with Crippen LogP contribution in [-0.4, -0.2) is 13.7 Å². The maximum absolute atomic E-state index is 4.53. The van der Waals surface area contributed by atoms with Crippen LogP contribution in [0.1, 0.15) is 45.1 Å². The van der Waals surface area contributed by atoms with Gasteiger partial charge in [0.25, 0.3) is 0 Å². The van der Waals surface area contributed by atoms with Gasteiger partial charge in [0.2, 0.25) is 0 Å². The molecule has 0 fully saturated rings. The van der Waals surface area contributed by atoms with E-state index in [1.807, 2.05) is 12.3 Å². The van der Waals surface area contributed by atoms with E-state index >= 15 is 0 Å². The van der Waals surface area contributed by atoms with Crippen LogP contribution < -0.4 is 0 Å². The van der Waals surface area contributed by atoms with Gasteiger partial charge in [0, 0.05) is 6.20 Å². The Morgan fingerprint density at radius 2 is 2.14 bits per heavy atom. The maximum atomic E-state index is 4.53. The molecule has 0 bridgehead atoms. The van der Waals surface area contributed by atoms with E-state index in [9.17, 15) is 0 Å². The molecule has 0 aliphatic heterocycles. The summed E-state index contributed by atoms with van der Waals surface area (Å²) in [4.78, 5) is 5.73. The highest BCUT2D eigenvalue weighted by atomic mass is 32.1. The van der Waals surface area contributed by atoms with Gasteiger partial charge in [-0.05, 0) is 35.4 Å². The molecule has 116 valence electrons. The Kier molecular flexibility index (Phi) is 5.16. The van der Waals surface area contributed by atoms with E-state index in [0.29, 0.717) is 0 Å². The van der Waals surface area contributed by atoms with Crippen molar-refractivity contribution in [3.8, 4) is 10.6 Å². The van der Waals surface area contributed by atoms with Gasteiger partial charge in [-0.2, -0.15) is 8.75 Å². The highest BCUT2D eigenvalue weighted by Crippen LogP contribution is 2.32. The fraction of sp³-hybridized carbons (Fsp3) is 0.471. The van der Waals surface area contributed by atoms with E-state index in [2.05, 4.69) is 39.0 Å². The van der Waals surface area contributed by atoms with Gasteiger partial charge in [-0.25, -0.2) is 0 Å². The van der Waals surface area contributed by atoms with Gasteiger partial charge in [0.1, 0.15) is 16.7 Å². The van der Waals surface area contributed by atoms with Gasteiger partial charge in [-0.1, -0.05) is 39.5 Å². The number of hydrogen-bond donors (Lipinski definition) is 0. The van der Waals surface area contributed by atoms with E-state index < -0.39 is 0 Å². The summed E-state index contributed by atoms with van der Waals surface area (Å²) in [7, 11) is 0. The van der Waals surface area contributed by atoms with E-state index in [4.69, 9.17) is 0 Å². The third-order valence-electron chi connectivity index (χ3n) is 4.13. The third kappa shape index (κ3) is 3.36. The molecule has 0 N–H and O–H groups in total. The Bertz CT molecular complexity index is 732. The monoisotopic (exact) mass is 331 g/mol. The maximum Gasteiger partial charge on any atom is 0.131 e. The van der Waals surface area contributed by atoms with Crippen LogP contribution in [0.2, 0.25) is 0 Å². The van der Waals surface area contributed by atoms with Gasteiger partial charge in [0.15, 0.2) is 0 Å². The molecule has 3 heterocycles. The Labute approximate surface area is 139 Å². The van der Waals surface area contributed by atoms with Gasteiger partial charge < -0.3 is 0 Å². The third-order valence-corrected chi connectivity index (χ3v) is 5.66. The second kappa shape index (κ2) is 7.29. The van der Waals surface area contributed by atoms with E-state index in [1.54, 1.807) is 11.3 Å². The molecule has 3 nitrogen and oxygen atoms in total. The minimum atomic E-state index is 0.798. The lowest BCUT2D eigenvalue weighted by Gasteiger charge is -2.12. The molecule has 0 radical (unpaired) electrons. The molecule has 3 aromatic heterocycles. The number of rotatable bonds is 7. The Morgan fingerprint density at radius 1 is 1.23 bits per heavy atom. The number of aromatic nitrogens is 3. The average Bonchev–Trinajstić information content (AvgIpc) is 3.19. The van der Waals surface area contributed by atoms with Gasteiger partial charge in [-0.15, -0.1) is 11.3 Å².